The monoisotopic (exact) mass is 492 g/mol. The van der Waals surface area contributed by atoms with Crippen LogP contribution in [0.5, 0.6) is 0 Å². The van der Waals surface area contributed by atoms with Crippen LogP contribution < -0.4 is 0 Å². The van der Waals surface area contributed by atoms with E-state index < -0.39 is 23.4 Å². The zero-order chi connectivity index (χ0) is 25.8. The zero-order valence-corrected chi connectivity index (χ0v) is 23.3. The Morgan fingerprint density at radius 2 is 1.46 bits per heavy atom. The number of hydrogen-bond donors (Lipinski definition) is 4. The Morgan fingerprint density at radius 3 is 2.09 bits per heavy atom. The van der Waals surface area contributed by atoms with Crippen molar-refractivity contribution in [2.24, 2.45) is 39.4 Å². The number of hydrogen-bond acceptors (Lipinski definition) is 5. The summed E-state index contributed by atoms with van der Waals surface area (Å²) in [7, 11) is 0. The normalized spacial score (nSPS) is 56.1. The SMILES string of the molecule is CC(C)(O)C1CC[C@](C)(C2C(O)C[C@@]3(C)C4C[C@H](O)[C@@H]5C(CCC[C@]23C)(CCC(O)C5(C)C)C4)O1. The number of rotatable bonds is 2. The zero-order valence-electron chi connectivity index (χ0n) is 23.3. The van der Waals surface area contributed by atoms with Crippen LogP contribution in [0.2, 0.25) is 0 Å². The lowest BCUT2D eigenvalue weighted by atomic mass is 9.41. The number of aliphatic hydroxyl groups excluding tert-OH is 3. The van der Waals surface area contributed by atoms with Crippen molar-refractivity contribution in [3.8, 4) is 0 Å². The van der Waals surface area contributed by atoms with Crippen LogP contribution >= 0.6 is 0 Å². The van der Waals surface area contributed by atoms with E-state index in [0.717, 1.165) is 64.2 Å². The van der Waals surface area contributed by atoms with Crippen molar-refractivity contribution in [2.75, 3.05) is 0 Å². The van der Waals surface area contributed by atoms with E-state index in [1.165, 1.54) is 0 Å². The van der Waals surface area contributed by atoms with Gasteiger partial charge in [-0.15, -0.1) is 0 Å². The summed E-state index contributed by atoms with van der Waals surface area (Å²) in [6, 6.07) is 0. The van der Waals surface area contributed by atoms with Crippen LogP contribution in [0.4, 0.5) is 0 Å². The molecule has 1 saturated heterocycles. The predicted molar refractivity (Wildman–Crippen MR) is 137 cm³/mol. The minimum absolute atomic E-state index is 0.0147. The van der Waals surface area contributed by atoms with Gasteiger partial charge < -0.3 is 25.2 Å². The topological polar surface area (TPSA) is 90.2 Å². The number of ether oxygens (including phenoxy) is 1. The van der Waals surface area contributed by atoms with Crippen molar-refractivity contribution in [3.05, 3.63) is 0 Å². The van der Waals surface area contributed by atoms with Crippen molar-refractivity contribution in [2.45, 2.75) is 148 Å². The van der Waals surface area contributed by atoms with Gasteiger partial charge in [0.05, 0.1) is 35.6 Å². The van der Waals surface area contributed by atoms with Crippen LogP contribution in [0.3, 0.4) is 0 Å². The summed E-state index contributed by atoms with van der Waals surface area (Å²) in [5, 5.41) is 45.0. The summed E-state index contributed by atoms with van der Waals surface area (Å²) in [5.41, 5.74) is -1.73. The summed E-state index contributed by atoms with van der Waals surface area (Å²) >= 11 is 0. The molecule has 1 heterocycles. The van der Waals surface area contributed by atoms with E-state index in [4.69, 9.17) is 4.74 Å². The molecule has 4 N–H and O–H groups in total. The van der Waals surface area contributed by atoms with Gasteiger partial charge in [0.15, 0.2) is 0 Å². The molecule has 0 aromatic carbocycles. The smallest absolute Gasteiger partial charge is 0.0865 e. The first-order valence-electron chi connectivity index (χ1n) is 14.4. The molecule has 5 rings (SSSR count). The van der Waals surface area contributed by atoms with Gasteiger partial charge in [0, 0.05) is 5.92 Å². The molecule has 0 aromatic heterocycles. The van der Waals surface area contributed by atoms with Gasteiger partial charge in [0.2, 0.25) is 0 Å². The van der Waals surface area contributed by atoms with Gasteiger partial charge in [-0.2, -0.15) is 0 Å². The van der Waals surface area contributed by atoms with Crippen molar-refractivity contribution in [1.29, 1.82) is 0 Å². The molecule has 5 fully saturated rings. The van der Waals surface area contributed by atoms with Crippen molar-refractivity contribution >= 4 is 0 Å². The van der Waals surface area contributed by atoms with Crippen molar-refractivity contribution in [1.82, 2.24) is 0 Å². The molecule has 5 nitrogen and oxygen atoms in total. The highest BCUT2D eigenvalue weighted by Crippen LogP contribution is 2.73. The second-order valence-electron chi connectivity index (χ2n) is 15.5. The second-order valence-corrected chi connectivity index (χ2v) is 15.5. The third-order valence-electron chi connectivity index (χ3n) is 12.8. The molecular weight excluding hydrogens is 440 g/mol. The van der Waals surface area contributed by atoms with Crippen LogP contribution in [-0.2, 0) is 4.74 Å². The van der Waals surface area contributed by atoms with Crippen molar-refractivity contribution < 1.29 is 25.2 Å². The van der Waals surface area contributed by atoms with Gasteiger partial charge >= 0.3 is 0 Å². The first-order chi connectivity index (χ1) is 16.0. The summed E-state index contributed by atoms with van der Waals surface area (Å²) < 4.78 is 6.66. The Kier molecular flexibility index (Phi) is 5.97. The third kappa shape index (κ3) is 3.57. The molecule has 35 heavy (non-hydrogen) atoms. The van der Waals surface area contributed by atoms with E-state index in [0.29, 0.717) is 5.92 Å². The third-order valence-corrected chi connectivity index (χ3v) is 12.8. The Balaban J connectivity index is 1.51. The van der Waals surface area contributed by atoms with E-state index in [-0.39, 0.29) is 45.7 Å². The molecular formula is C30H52O5. The van der Waals surface area contributed by atoms with Crippen LogP contribution in [0.15, 0.2) is 0 Å². The highest BCUT2D eigenvalue weighted by atomic mass is 16.5. The molecule has 4 aliphatic carbocycles. The fourth-order valence-corrected chi connectivity index (χ4v) is 11.1. The maximum atomic E-state index is 11.7. The van der Waals surface area contributed by atoms with Crippen LogP contribution in [0.1, 0.15) is 113 Å². The molecule has 5 aliphatic rings. The predicted octanol–water partition coefficient (Wildman–Crippen LogP) is 4.83. The first-order valence-corrected chi connectivity index (χ1v) is 14.4. The summed E-state index contributed by atoms with van der Waals surface area (Å²) in [6.45, 7) is 15.0. The summed E-state index contributed by atoms with van der Waals surface area (Å²) in [4.78, 5) is 0. The molecule has 0 amide bonds. The Hall–Kier alpha value is -0.200. The lowest BCUT2D eigenvalue weighted by molar-refractivity contribution is -0.214. The Labute approximate surface area is 213 Å². The van der Waals surface area contributed by atoms with E-state index in [2.05, 4.69) is 34.6 Å². The molecule has 6 unspecified atom stereocenters. The van der Waals surface area contributed by atoms with Gasteiger partial charge in [0.1, 0.15) is 0 Å². The standard InChI is InChI=1S/C30H52O5/c1-25(2)21(33)9-14-30-12-8-11-27(5)24(29(7)13-10-22(35-29)26(3,4)34)20(32)17-28(27,6)18(16-30)15-19(31)23(25)30/h18-24,31-34H,8-17H2,1-7H3/t18?,19-,20?,21?,22?,23-,24?,27+,28-,29+,30?/m0/s1. The molecule has 202 valence electrons. The molecule has 11 atom stereocenters. The van der Waals surface area contributed by atoms with E-state index in [1.807, 2.05) is 13.8 Å². The summed E-state index contributed by atoms with van der Waals surface area (Å²) in [5.74, 6) is 0.494. The fourth-order valence-electron chi connectivity index (χ4n) is 11.1. The summed E-state index contributed by atoms with van der Waals surface area (Å²) in [6.07, 6.45) is 7.95. The maximum absolute atomic E-state index is 11.7. The van der Waals surface area contributed by atoms with Crippen LogP contribution in [-0.4, -0.2) is 56.0 Å². The first kappa shape index (κ1) is 26.4. The van der Waals surface area contributed by atoms with Gasteiger partial charge in [-0.3, -0.25) is 0 Å². The Bertz CT molecular complexity index is 835. The molecule has 0 aromatic rings. The number of fused-ring (bicyclic) bond motifs is 3. The molecule has 0 radical (unpaired) electrons. The van der Waals surface area contributed by atoms with Crippen LogP contribution in [0.25, 0.3) is 0 Å². The minimum atomic E-state index is -0.889. The van der Waals surface area contributed by atoms with E-state index in [9.17, 15) is 20.4 Å². The van der Waals surface area contributed by atoms with Gasteiger partial charge in [0.25, 0.3) is 0 Å². The maximum Gasteiger partial charge on any atom is 0.0865 e. The van der Waals surface area contributed by atoms with Crippen LogP contribution in [0, 0.1) is 39.4 Å². The lowest BCUT2D eigenvalue weighted by Gasteiger charge is -2.65. The van der Waals surface area contributed by atoms with Gasteiger partial charge in [-0.25, -0.2) is 0 Å². The Morgan fingerprint density at radius 1 is 0.771 bits per heavy atom. The highest BCUT2D eigenvalue weighted by molar-refractivity contribution is 5.19. The van der Waals surface area contributed by atoms with Gasteiger partial charge in [-0.1, -0.05) is 34.1 Å². The van der Waals surface area contributed by atoms with Gasteiger partial charge in [-0.05, 0) is 112 Å². The van der Waals surface area contributed by atoms with Crippen molar-refractivity contribution in [3.63, 3.8) is 0 Å². The average molecular weight is 493 g/mol. The lowest BCUT2D eigenvalue weighted by Crippen LogP contribution is -2.62. The average Bonchev–Trinajstić information content (AvgIpc) is 3.21. The molecule has 4 saturated carbocycles. The molecule has 1 spiro atoms. The molecule has 2 bridgehead atoms. The molecule has 5 heteroatoms. The van der Waals surface area contributed by atoms with E-state index >= 15 is 0 Å². The molecule has 1 aliphatic heterocycles. The highest BCUT2D eigenvalue weighted by Gasteiger charge is 2.70. The quantitative estimate of drug-likeness (QED) is 0.443. The largest absolute Gasteiger partial charge is 0.393 e. The second kappa shape index (κ2) is 7.91. The minimum Gasteiger partial charge on any atom is -0.393 e. The fraction of sp³-hybridized carbons (Fsp3) is 1.00. The number of aliphatic hydroxyl groups is 4. The van der Waals surface area contributed by atoms with E-state index in [1.54, 1.807) is 0 Å².